The summed E-state index contributed by atoms with van der Waals surface area (Å²) >= 11 is 0. The highest BCUT2D eigenvalue weighted by molar-refractivity contribution is 5.58. The van der Waals surface area contributed by atoms with E-state index in [-0.39, 0.29) is 5.56 Å². The van der Waals surface area contributed by atoms with Gasteiger partial charge in [0.2, 0.25) is 0 Å². The van der Waals surface area contributed by atoms with E-state index < -0.39 is 5.82 Å². The molecule has 0 heterocycles. The molecule has 0 radical (unpaired) electrons. The van der Waals surface area contributed by atoms with E-state index in [2.05, 4.69) is 38.2 Å². The summed E-state index contributed by atoms with van der Waals surface area (Å²) in [5.41, 5.74) is 5.43. The van der Waals surface area contributed by atoms with Gasteiger partial charge in [-0.25, -0.2) is 4.39 Å². The third kappa shape index (κ3) is 2.80. The quantitative estimate of drug-likeness (QED) is 0.904. The fourth-order valence-corrected chi connectivity index (χ4v) is 2.19. The van der Waals surface area contributed by atoms with E-state index in [9.17, 15) is 4.39 Å². The van der Waals surface area contributed by atoms with Crippen LogP contribution < -0.4 is 5.32 Å². The van der Waals surface area contributed by atoms with E-state index in [1.165, 1.54) is 22.8 Å². The van der Waals surface area contributed by atoms with Crippen molar-refractivity contribution in [2.75, 3.05) is 5.32 Å². The molecule has 2 aromatic carbocycles. The maximum Gasteiger partial charge on any atom is 0.143 e. The molecule has 2 nitrogen and oxygen atoms in total. The molecule has 0 spiro atoms. The number of anilines is 1. The number of rotatable bonds is 3. The zero-order chi connectivity index (χ0) is 14.7. The molecule has 0 atom stereocenters. The Labute approximate surface area is 118 Å². The number of hydrogen-bond acceptors (Lipinski definition) is 2. The molecule has 0 saturated carbocycles. The minimum absolute atomic E-state index is 0.0639. The van der Waals surface area contributed by atoms with E-state index >= 15 is 0 Å². The third-order valence-corrected chi connectivity index (χ3v) is 3.55. The third-order valence-electron chi connectivity index (χ3n) is 3.55. The number of aryl methyl sites for hydroxylation is 3. The minimum atomic E-state index is -0.491. The Morgan fingerprint density at radius 2 is 1.80 bits per heavy atom. The molecule has 0 unspecified atom stereocenters. The standard InChI is InChI=1S/C17H17FN2/c1-11-7-13(3)14(8-12(11)2)10-20-17-6-4-5-16(18)15(17)9-19/h4-8,20H,10H2,1-3H3. The van der Waals surface area contributed by atoms with Gasteiger partial charge in [0.05, 0.1) is 5.69 Å². The van der Waals surface area contributed by atoms with Crippen LogP contribution in [0, 0.1) is 37.9 Å². The maximum absolute atomic E-state index is 13.5. The van der Waals surface area contributed by atoms with Crippen molar-refractivity contribution < 1.29 is 4.39 Å². The molecule has 0 aliphatic heterocycles. The van der Waals surface area contributed by atoms with Crippen LogP contribution >= 0.6 is 0 Å². The van der Waals surface area contributed by atoms with Crippen molar-refractivity contribution in [3.05, 3.63) is 64.0 Å². The zero-order valence-corrected chi connectivity index (χ0v) is 11.9. The Kier molecular flexibility index (Phi) is 4.05. The predicted molar refractivity (Wildman–Crippen MR) is 79.1 cm³/mol. The van der Waals surface area contributed by atoms with Gasteiger partial charge in [-0.2, -0.15) is 5.26 Å². The van der Waals surface area contributed by atoms with Crippen LogP contribution in [0.4, 0.5) is 10.1 Å². The molecule has 20 heavy (non-hydrogen) atoms. The molecule has 0 bridgehead atoms. The van der Waals surface area contributed by atoms with Crippen molar-refractivity contribution in [3.63, 3.8) is 0 Å². The fourth-order valence-electron chi connectivity index (χ4n) is 2.19. The summed E-state index contributed by atoms with van der Waals surface area (Å²) in [6.45, 7) is 6.78. The summed E-state index contributed by atoms with van der Waals surface area (Å²) in [6, 6.07) is 10.8. The summed E-state index contributed by atoms with van der Waals surface area (Å²) in [5.74, 6) is -0.491. The van der Waals surface area contributed by atoms with Gasteiger partial charge in [-0.15, -0.1) is 0 Å². The van der Waals surface area contributed by atoms with E-state index in [4.69, 9.17) is 5.26 Å². The number of hydrogen-bond donors (Lipinski definition) is 1. The van der Waals surface area contributed by atoms with Crippen LogP contribution in [-0.4, -0.2) is 0 Å². The average Bonchev–Trinajstić information content (AvgIpc) is 2.41. The average molecular weight is 268 g/mol. The van der Waals surface area contributed by atoms with Gasteiger partial charge in [-0.05, 0) is 55.2 Å². The van der Waals surface area contributed by atoms with Crippen LogP contribution in [0.5, 0.6) is 0 Å². The molecule has 1 N–H and O–H groups in total. The van der Waals surface area contributed by atoms with E-state index in [0.717, 1.165) is 5.56 Å². The largest absolute Gasteiger partial charge is 0.380 e. The summed E-state index contributed by atoms with van der Waals surface area (Å²) < 4.78 is 13.5. The maximum atomic E-state index is 13.5. The number of nitriles is 1. The van der Waals surface area contributed by atoms with Crippen molar-refractivity contribution in [3.8, 4) is 6.07 Å². The summed E-state index contributed by atoms with van der Waals surface area (Å²) in [5, 5.41) is 12.1. The summed E-state index contributed by atoms with van der Waals surface area (Å²) in [4.78, 5) is 0. The molecule has 0 aliphatic rings. The Morgan fingerprint density at radius 3 is 2.50 bits per heavy atom. The SMILES string of the molecule is Cc1cc(C)c(CNc2cccc(F)c2C#N)cc1C. The van der Waals surface area contributed by atoms with Crippen LogP contribution in [0.25, 0.3) is 0 Å². The topological polar surface area (TPSA) is 35.8 Å². The van der Waals surface area contributed by atoms with Gasteiger partial charge in [0.25, 0.3) is 0 Å². The number of nitrogens with zero attached hydrogens (tertiary/aromatic N) is 1. The van der Waals surface area contributed by atoms with Crippen molar-refractivity contribution in [1.29, 1.82) is 5.26 Å². The highest BCUT2D eigenvalue weighted by Crippen LogP contribution is 2.20. The van der Waals surface area contributed by atoms with Gasteiger partial charge in [0.1, 0.15) is 17.4 Å². The second-order valence-corrected chi connectivity index (χ2v) is 4.99. The first-order chi connectivity index (χ1) is 9.52. The molecule has 102 valence electrons. The lowest BCUT2D eigenvalue weighted by atomic mass is 10.0. The highest BCUT2D eigenvalue weighted by Gasteiger charge is 2.08. The molecule has 2 aromatic rings. The highest BCUT2D eigenvalue weighted by atomic mass is 19.1. The first-order valence-corrected chi connectivity index (χ1v) is 6.52. The lowest BCUT2D eigenvalue weighted by Crippen LogP contribution is -2.04. The van der Waals surface area contributed by atoms with Crippen molar-refractivity contribution in [1.82, 2.24) is 0 Å². The van der Waals surface area contributed by atoms with Gasteiger partial charge >= 0.3 is 0 Å². The van der Waals surface area contributed by atoms with E-state index in [1.54, 1.807) is 12.1 Å². The van der Waals surface area contributed by atoms with Gasteiger partial charge < -0.3 is 5.32 Å². The molecule has 2 rings (SSSR count). The normalized spacial score (nSPS) is 10.2. The van der Waals surface area contributed by atoms with Crippen molar-refractivity contribution in [2.45, 2.75) is 27.3 Å². The Balaban J connectivity index is 2.24. The first kappa shape index (κ1) is 14.1. The van der Waals surface area contributed by atoms with Crippen LogP contribution in [-0.2, 0) is 6.54 Å². The van der Waals surface area contributed by atoms with Crippen LogP contribution in [0.2, 0.25) is 0 Å². The monoisotopic (exact) mass is 268 g/mol. The molecule has 0 saturated heterocycles. The Hall–Kier alpha value is -2.34. The van der Waals surface area contributed by atoms with Gasteiger partial charge in [-0.1, -0.05) is 18.2 Å². The molecular weight excluding hydrogens is 251 g/mol. The Morgan fingerprint density at radius 1 is 1.10 bits per heavy atom. The second kappa shape index (κ2) is 5.75. The predicted octanol–water partition coefficient (Wildman–Crippen LogP) is 4.23. The summed E-state index contributed by atoms with van der Waals surface area (Å²) in [6.07, 6.45) is 0. The van der Waals surface area contributed by atoms with Gasteiger partial charge in [0, 0.05) is 6.54 Å². The molecule has 0 aromatic heterocycles. The fraction of sp³-hybridized carbons (Fsp3) is 0.235. The molecule has 0 fully saturated rings. The number of benzene rings is 2. The molecule has 3 heteroatoms. The molecular formula is C17H17FN2. The zero-order valence-electron chi connectivity index (χ0n) is 11.9. The molecule has 0 amide bonds. The van der Waals surface area contributed by atoms with Crippen LogP contribution in [0.1, 0.15) is 27.8 Å². The second-order valence-electron chi connectivity index (χ2n) is 4.99. The lowest BCUT2D eigenvalue weighted by molar-refractivity contribution is 0.624. The Bertz CT molecular complexity index is 684. The van der Waals surface area contributed by atoms with Gasteiger partial charge in [-0.3, -0.25) is 0 Å². The van der Waals surface area contributed by atoms with Crippen molar-refractivity contribution >= 4 is 5.69 Å². The summed E-state index contributed by atoms with van der Waals surface area (Å²) in [7, 11) is 0. The molecule has 0 aliphatic carbocycles. The number of halogens is 1. The minimum Gasteiger partial charge on any atom is -0.380 e. The van der Waals surface area contributed by atoms with Crippen LogP contribution in [0.3, 0.4) is 0 Å². The van der Waals surface area contributed by atoms with Crippen molar-refractivity contribution in [2.24, 2.45) is 0 Å². The van der Waals surface area contributed by atoms with E-state index in [0.29, 0.717) is 12.2 Å². The van der Waals surface area contributed by atoms with Gasteiger partial charge in [0.15, 0.2) is 0 Å². The first-order valence-electron chi connectivity index (χ1n) is 6.52. The lowest BCUT2D eigenvalue weighted by Gasteiger charge is -2.13. The van der Waals surface area contributed by atoms with E-state index in [1.807, 2.05) is 6.07 Å². The van der Waals surface area contributed by atoms with Crippen LogP contribution in [0.15, 0.2) is 30.3 Å². The number of nitrogens with one attached hydrogen (secondary N) is 1. The smallest absolute Gasteiger partial charge is 0.143 e.